The van der Waals surface area contributed by atoms with Crippen LogP contribution in [0, 0.1) is 0 Å². The third kappa shape index (κ3) is 2.52. The minimum absolute atomic E-state index is 0.630. The molecule has 1 unspecified atom stereocenters. The van der Waals surface area contributed by atoms with Crippen molar-refractivity contribution in [3.05, 3.63) is 0 Å². The number of halogens is 6. The summed E-state index contributed by atoms with van der Waals surface area (Å²) in [6, 6.07) is 0. The number of rotatable bonds is 3. The SMILES string of the molecule is CCC(=O)OC(F)(C(F)F)C(F)(F)F. The van der Waals surface area contributed by atoms with E-state index in [0.29, 0.717) is 0 Å². The molecule has 0 aliphatic carbocycles. The predicted molar refractivity (Wildman–Crippen MR) is 32.3 cm³/mol. The Morgan fingerprint density at radius 1 is 1.29 bits per heavy atom. The monoisotopic (exact) mass is 224 g/mol. The van der Waals surface area contributed by atoms with E-state index < -0.39 is 30.8 Å². The number of carbonyl (C=O) groups is 1. The third-order valence-electron chi connectivity index (χ3n) is 1.22. The van der Waals surface area contributed by atoms with Crippen molar-refractivity contribution in [3.8, 4) is 0 Å². The van der Waals surface area contributed by atoms with Crippen LogP contribution in [-0.4, -0.2) is 24.4 Å². The smallest absolute Gasteiger partial charge is 0.415 e. The summed E-state index contributed by atoms with van der Waals surface area (Å²) in [6.45, 7) is 1.05. The average Bonchev–Trinajstić information content (AvgIpc) is 2.01. The molecule has 0 saturated carbocycles. The molecule has 0 heterocycles. The van der Waals surface area contributed by atoms with Crippen molar-refractivity contribution >= 4 is 5.97 Å². The van der Waals surface area contributed by atoms with E-state index in [2.05, 4.69) is 4.74 Å². The lowest BCUT2D eigenvalue weighted by atomic mass is 10.3. The van der Waals surface area contributed by atoms with E-state index in [9.17, 15) is 31.1 Å². The minimum atomic E-state index is -5.95. The van der Waals surface area contributed by atoms with Crippen molar-refractivity contribution in [3.63, 3.8) is 0 Å². The Hall–Kier alpha value is -0.950. The van der Waals surface area contributed by atoms with Crippen LogP contribution in [-0.2, 0) is 9.53 Å². The maximum atomic E-state index is 12.5. The number of alkyl halides is 6. The molecule has 8 heteroatoms. The van der Waals surface area contributed by atoms with E-state index in [-0.39, 0.29) is 0 Å². The van der Waals surface area contributed by atoms with Gasteiger partial charge in [0.2, 0.25) is 0 Å². The largest absolute Gasteiger partial charge is 0.466 e. The molecule has 14 heavy (non-hydrogen) atoms. The Morgan fingerprint density at radius 3 is 1.93 bits per heavy atom. The molecule has 0 radical (unpaired) electrons. The van der Waals surface area contributed by atoms with Crippen molar-refractivity contribution in [1.82, 2.24) is 0 Å². The summed E-state index contributed by atoms with van der Waals surface area (Å²) in [5.41, 5.74) is 0. The van der Waals surface area contributed by atoms with Crippen molar-refractivity contribution in [2.45, 2.75) is 31.8 Å². The van der Waals surface area contributed by atoms with Crippen molar-refractivity contribution in [1.29, 1.82) is 0 Å². The Labute approximate surface area is 74.8 Å². The molecule has 0 aliphatic rings. The first-order valence-electron chi connectivity index (χ1n) is 3.40. The zero-order valence-corrected chi connectivity index (χ0v) is 6.87. The summed E-state index contributed by atoms with van der Waals surface area (Å²) >= 11 is 0. The van der Waals surface area contributed by atoms with Gasteiger partial charge in [0.05, 0.1) is 0 Å². The van der Waals surface area contributed by atoms with Crippen LogP contribution in [0.25, 0.3) is 0 Å². The topological polar surface area (TPSA) is 26.3 Å². The molecule has 0 aliphatic heterocycles. The van der Waals surface area contributed by atoms with Crippen LogP contribution < -0.4 is 0 Å². The Balaban J connectivity index is 4.84. The highest BCUT2D eigenvalue weighted by molar-refractivity contribution is 5.69. The van der Waals surface area contributed by atoms with Gasteiger partial charge >= 0.3 is 24.4 Å². The van der Waals surface area contributed by atoms with E-state index in [0.717, 1.165) is 6.92 Å². The first-order chi connectivity index (χ1) is 6.15. The van der Waals surface area contributed by atoms with Crippen LogP contribution in [0.1, 0.15) is 13.3 Å². The fourth-order valence-corrected chi connectivity index (χ4v) is 0.464. The fourth-order valence-electron chi connectivity index (χ4n) is 0.464. The van der Waals surface area contributed by atoms with Crippen molar-refractivity contribution in [2.75, 3.05) is 0 Å². The van der Waals surface area contributed by atoms with Crippen LogP contribution >= 0.6 is 0 Å². The molecule has 0 rings (SSSR count). The molecule has 0 bridgehead atoms. The Bertz CT molecular complexity index is 213. The lowest BCUT2D eigenvalue weighted by Gasteiger charge is -2.26. The Kier molecular flexibility index (Phi) is 3.78. The van der Waals surface area contributed by atoms with Gasteiger partial charge in [-0.3, -0.25) is 4.79 Å². The third-order valence-corrected chi connectivity index (χ3v) is 1.22. The highest BCUT2D eigenvalue weighted by Crippen LogP contribution is 2.40. The number of hydrogen-bond acceptors (Lipinski definition) is 2. The molecule has 0 aromatic rings. The van der Waals surface area contributed by atoms with Crippen LogP contribution in [0.3, 0.4) is 0 Å². The second-order valence-electron chi connectivity index (χ2n) is 2.27. The van der Waals surface area contributed by atoms with Gasteiger partial charge in [0, 0.05) is 6.42 Å². The maximum Gasteiger partial charge on any atom is 0.466 e. The van der Waals surface area contributed by atoms with E-state index in [1.807, 2.05) is 0 Å². The van der Waals surface area contributed by atoms with Gasteiger partial charge in [-0.25, -0.2) is 8.78 Å². The van der Waals surface area contributed by atoms with E-state index >= 15 is 0 Å². The molecule has 0 aromatic heterocycles. The van der Waals surface area contributed by atoms with Gasteiger partial charge < -0.3 is 4.74 Å². The van der Waals surface area contributed by atoms with Gasteiger partial charge in [-0.15, -0.1) is 0 Å². The lowest BCUT2D eigenvalue weighted by Crippen LogP contribution is -2.50. The quantitative estimate of drug-likeness (QED) is 0.543. The second kappa shape index (κ2) is 4.05. The molecule has 0 amide bonds. The average molecular weight is 224 g/mol. The molecule has 2 nitrogen and oxygen atoms in total. The molecular formula is C6H6F6O2. The summed E-state index contributed by atoms with van der Waals surface area (Å²) in [5.74, 6) is -6.91. The normalized spacial score (nSPS) is 16.6. The van der Waals surface area contributed by atoms with Crippen molar-refractivity contribution in [2.24, 2.45) is 0 Å². The number of esters is 1. The lowest BCUT2D eigenvalue weighted by molar-refractivity contribution is -0.355. The number of ether oxygens (including phenoxy) is 1. The Morgan fingerprint density at radius 2 is 1.71 bits per heavy atom. The molecule has 84 valence electrons. The fraction of sp³-hybridized carbons (Fsp3) is 0.833. The molecule has 0 fully saturated rings. The summed E-state index contributed by atoms with van der Waals surface area (Å²) < 4.78 is 74.1. The molecule has 0 spiro atoms. The number of hydrogen-bond donors (Lipinski definition) is 0. The standard InChI is InChI=1S/C6H6F6O2/c1-2-3(13)14-5(9,4(7)8)6(10,11)12/h4H,2H2,1H3. The summed E-state index contributed by atoms with van der Waals surface area (Å²) in [7, 11) is 0. The van der Waals surface area contributed by atoms with Crippen LogP contribution in [0.4, 0.5) is 26.3 Å². The molecule has 0 aromatic carbocycles. The number of carbonyl (C=O) groups excluding carboxylic acids is 1. The van der Waals surface area contributed by atoms with Crippen LogP contribution in [0.15, 0.2) is 0 Å². The zero-order chi connectivity index (χ0) is 11.6. The van der Waals surface area contributed by atoms with Crippen molar-refractivity contribution < 1.29 is 35.9 Å². The molecule has 1 atom stereocenters. The first kappa shape index (κ1) is 13.0. The minimum Gasteiger partial charge on any atom is -0.415 e. The molecule has 0 N–H and O–H groups in total. The second-order valence-corrected chi connectivity index (χ2v) is 2.27. The van der Waals surface area contributed by atoms with Crippen LogP contribution in [0.2, 0.25) is 0 Å². The summed E-state index contributed by atoms with van der Waals surface area (Å²) in [4.78, 5) is 10.3. The predicted octanol–water partition coefficient (Wildman–Crippen LogP) is 2.43. The van der Waals surface area contributed by atoms with Gasteiger partial charge in [0.25, 0.3) is 0 Å². The summed E-state index contributed by atoms with van der Waals surface area (Å²) in [5, 5.41) is 0. The van der Waals surface area contributed by atoms with Gasteiger partial charge in [-0.2, -0.15) is 17.6 Å². The van der Waals surface area contributed by atoms with E-state index in [4.69, 9.17) is 0 Å². The maximum absolute atomic E-state index is 12.5. The highest BCUT2D eigenvalue weighted by atomic mass is 19.4. The summed E-state index contributed by atoms with van der Waals surface area (Å²) in [6.07, 6.45) is -11.1. The molecule has 0 saturated heterocycles. The van der Waals surface area contributed by atoms with E-state index in [1.54, 1.807) is 0 Å². The first-order valence-corrected chi connectivity index (χ1v) is 3.40. The van der Waals surface area contributed by atoms with Gasteiger partial charge in [-0.1, -0.05) is 6.92 Å². The highest BCUT2D eigenvalue weighted by Gasteiger charge is 2.66. The van der Waals surface area contributed by atoms with Gasteiger partial charge in [0.15, 0.2) is 0 Å². The van der Waals surface area contributed by atoms with Gasteiger partial charge in [-0.05, 0) is 0 Å². The van der Waals surface area contributed by atoms with Crippen LogP contribution in [0.5, 0.6) is 0 Å². The van der Waals surface area contributed by atoms with E-state index in [1.165, 1.54) is 0 Å². The van der Waals surface area contributed by atoms with Gasteiger partial charge in [0.1, 0.15) is 0 Å². The zero-order valence-electron chi connectivity index (χ0n) is 6.87. The molecular weight excluding hydrogens is 218 g/mol.